The van der Waals surface area contributed by atoms with E-state index in [2.05, 4.69) is 39.6 Å². The summed E-state index contributed by atoms with van der Waals surface area (Å²) in [7, 11) is 3.33. The lowest BCUT2D eigenvalue weighted by Crippen LogP contribution is -2.16. The van der Waals surface area contributed by atoms with Crippen LogP contribution >= 0.6 is 15.9 Å². The standard InChI is InChI=1S/C21H18BrN3O2/c1-11-8-12-9-16(26-2)17(27-3)10-13(12)20-18(22)19-21(25(11)20)24-15-7-5-4-6-14(15)23-19/h4-7,9-11H,8H2,1-3H3. The Kier molecular flexibility index (Phi) is 3.65. The highest BCUT2D eigenvalue weighted by Crippen LogP contribution is 2.47. The Morgan fingerprint density at radius 2 is 1.70 bits per heavy atom. The van der Waals surface area contributed by atoms with Gasteiger partial charge in [-0.25, -0.2) is 9.97 Å². The largest absolute Gasteiger partial charge is 0.493 e. The first-order valence-corrected chi connectivity index (χ1v) is 9.63. The molecule has 1 aliphatic rings. The van der Waals surface area contributed by atoms with Crippen LogP contribution in [0.15, 0.2) is 40.9 Å². The zero-order chi connectivity index (χ0) is 18.7. The van der Waals surface area contributed by atoms with Gasteiger partial charge in [-0.15, -0.1) is 0 Å². The lowest BCUT2D eigenvalue weighted by Gasteiger charge is -2.27. The fraction of sp³-hybridized carbons (Fsp3) is 0.238. The third-order valence-corrected chi connectivity index (χ3v) is 6.01. The van der Waals surface area contributed by atoms with Crippen LogP contribution in [-0.2, 0) is 6.42 Å². The molecule has 6 heteroatoms. The minimum atomic E-state index is 0.259. The van der Waals surface area contributed by atoms with Gasteiger partial charge >= 0.3 is 0 Å². The Bertz CT molecular complexity index is 1220. The SMILES string of the molecule is COc1cc2c(cc1OC)-c1c(Br)c3nc4ccccc4nc3n1C(C)C2. The number of hydrogen-bond acceptors (Lipinski definition) is 4. The van der Waals surface area contributed by atoms with Crippen LogP contribution < -0.4 is 9.47 Å². The first-order valence-electron chi connectivity index (χ1n) is 8.83. The maximum Gasteiger partial charge on any atom is 0.161 e. The van der Waals surface area contributed by atoms with Crippen molar-refractivity contribution in [2.24, 2.45) is 0 Å². The predicted molar refractivity (Wildman–Crippen MR) is 110 cm³/mol. The Labute approximate surface area is 165 Å². The number of para-hydroxylation sites is 2. The van der Waals surface area contributed by atoms with Crippen molar-refractivity contribution in [1.29, 1.82) is 0 Å². The molecule has 1 unspecified atom stereocenters. The smallest absolute Gasteiger partial charge is 0.161 e. The van der Waals surface area contributed by atoms with E-state index in [-0.39, 0.29) is 6.04 Å². The van der Waals surface area contributed by atoms with E-state index < -0.39 is 0 Å². The number of rotatable bonds is 2. The zero-order valence-corrected chi connectivity index (χ0v) is 16.9. The molecule has 0 N–H and O–H groups in total. The average molecular weight is 424 g/mol. The molecule has 0 aliphatic carbocycles. The number of fused-ring (bicyclic) bond motifs is 6. The number of nitrogens with zero attached hydrogens (tertiary/aromatic N) is 3. The van der Waals surface area contributed by atoms with Gasteiger partial charge in [0.05, 0.1) is 35.4 Å². The average Bonchev–Trinajstić information content (AvgIpc) is 2.98. The molecule has 2 aromatic heterocycles. The fourth-order valence-corrected chi connectivity index (χ4v) is 4.70. The first-order chi connectivity index (χ1) is 13.1. The van der Waals surface area contributed by atoms with Crippen molar-refractivity contribution in [3.63, 3.8) is 0 Å². The van der Waals surface area contributed by atoms with Crippen LogP contribution in [-0.4, -0.2) is 28.8 Å². The van der Waals surface area contributed by atoms with Gasteiger partial charge in [-0.05, 0) is 59.1 Å². The topological polar surface area (TPSA) is 49.2 Å². The second-order valence-electron chi connectivity index (χ2n) is 6.83. The molecule has 5 nitrogen and oxygen atoms in total. The summed E-state index contributed by atoms with van der Waals surface area (Å²) in [5.74, 6) is 1.48. The Hall–Kier alpha value is -2.60. The molecule has 136 valence electrons. The van der Waals surface area contributed by atoms with E-state index in [1.54, 1.807) is 14.2 Å². The summed E-state index contributed by atoms with van der Waals surface area (Å²) in [4.78, 5) is 9.81. The van der Waals surface area contributed by atoms with Gasteiger partial charge in [-0.2, -0.15) is 0 Å². The molecule has 3 heterocycles. The van der Waals surface area contributed by atoms with Crippen molar-refractivity contribution in [3.05, 3.63) is 46.4 Å². The molecule has 0 saturated carbocycles. The van der Waals surface area contributed by atoms with Gasteiger partial charge in [-0.3, -0.25) is 0 Å². The third kappa shape index (κ3) is 2.29. The molecule has 2 aromatic carbocycles. The van der Waals surface area contributed by atoms with Crippen molar-refractivity contribution >= 4 is 38.1 Å². The molecule has 0 radical (unpaired) electrons. The van der Waals surface area contributed by atoms with E-state index in [1.807, 2.05) is 24.3 Å². The van der Waals surface area contributed by atoms with E-state index in [9.17, 15) is 0 Å². The Morgan fingerprint density at radius 3 is 2.41 bits per heavy atom. The highest BCUT2D eigenvalue weighted by Gasteiger charge is 2.30. The van der Waals surface area contributed by atoms with Gasteiger partial charge in [0.15, 0.2) is 17.1 Å². The van der Waals surface area contributed by atoms with Crippen molar-refractivity contribution in [2.45, 2.75) is 19.4 Å². The second-order valence-corrected chi connectivity index (χ2v) is 7.63. The number of benzene rings is 2. The molecule has 0 spiro atoms. The third-order valence-electron chi connectivity index (χ3n) is 5.26. The highest BCUT2D eigenvalue weighted by molar-refractivity contribution is 9.10. The quantitative estimate of drug-likeness (QED) is 0.447. The van der Waals surface area contributed by atoms with E-state index in [0.717, 1.165) is 55.8 Å². The zero-order valence-electron chi connectivity index (χ0n) is 15.3. The van der Waals surface area contributed by atoms with Crippen LogP contribution in [0.3, 0.4) is 0 Å². The van der Waals surface area contributed by atoms with E-state index in [1.165, 1.54) is 5.56 Å². The van der Waals surface area contributed by atoms with Crippen molar-refractivity contribution in [1.82, 2.24) is 14.5 Å². The Morgan fingerprint density at radius 1 is 1.04 bits per heavy atom. The van der Waals surface area contributed by atoms with E-state index >= 15 is 0 Å². The van der Waals surface area contributed by atoms with Gasteiger partial charge < -0.3 is 14.0 Å². The molecule has 0 saturated heterocycles. The van der Waals surface area contributed by atoms with Gasteiger partial charge in [0.2, 0.25) is 0 Å². The molecule has 4 aromatic rings. The summed E-state index contributed by atoms with van der Waals surface area (Å²) in [5, 5.41) is 0. The molecule has 1 aliphatic heterocycles. The van der Waals surface area contributed by atoms with Gasteiger partial charge in [0, 0.05) is 11.6 Å². The van der Waals surface area contributed by atoms with Gasteiger partial charge in [-0.1, -0.05) is 12.1 Å². The molecule has 5 rings (SSSR count). The Balaban J connectivity index is 1.88. The summed E-state index contributed by atoms with van der Waals surface area (Å²) >= 11 is 3.81. The number of methoxy groups -OCH3 is 2. The van der Waals surface area contributed by atoms with Crippen LogP contribution in [0.4, 0.5) is 0 Å². The maximum atomic E-state index is 5.54. The lowest BCUT2D eigenvalue weighted by molar-refractivity contribution is 0.354. The predicted octanol–water partition coefficient (Wildman–Crippen LogP) is 5.15. The summed E-state index contributed by atoms with van der Waals surface area (Å²) in [5.41, 5.74) is 7.05. The summed E-state index contributed by atoms with van der Waals surface area (Å²) < 4.78 is 14.3. The molecule has 27 heavy (non-hydrogen) atoms. The van der Waals surface area contributed by atoms with Crippen LogP contribution in [0.2, 0.25) is 0 Å². The van der Waals surface area contributed by atoms with Crippen LogP contribution in [0, 0.1) is 0 Å². The molecule has 0 fully saturated rings. The normalized spacial score (nSPS) is 15.6. The fourth-order valence-electron chi connectivity index (χ4n) is 4.03. The number of aromatic nitrogens is 3. The van der Waals surface area contributed by atoms with E-state index in [4.69, 9.17) is 19.4 Å². The summed E-state index contributed by atoms with van der Waals surface area (Å²) in [6, 6.07) is 12.4. The van der Waals surface area contributed by atoms with Gasteiger partial charge in [0.1, 0.15) is 5.52 Å². The maximum absolute atomic E-state index is 5.54. The molecule has 1 atom stereocenters. The summed E-state index contributed by atoms with van der Waals surface area (Å²) in [6.07, 6.45) is 0.896. The molecular weight excluding hydrogens is 406 g/mol. The minimum absolute atomic E-state index is 0.259. The lowest BCUT2D eigenvalue weighted by atomic mass is 9.94. The number of ether oxygens (including phenoxy) is 2. The van der Waals surface area contributed by atoms with Crippen LogP contribution in [0.5, 0.6) is 11.5 Å². The first kappa shape index (κ1) is 16.6. The highest BCUT2D eigenvalue weighted by atomic mass is 79.9. The van der Waals surface area contributed by atoms with Crippen molar-refractivity contribution in [2.75, 3.05) is 14.2 Å². The van der Waals surface area contributed by atoms with Crippen molar-refractivity contribution in [3.8, 4) is 22.8 Å². The van der Waals surface area contributed by atoms with Crippen LogP contribution in [0.1, 0.15) is 18.5 Å². The monoisotopic (exact) mass is 423 g/mol. The molecule has 0 amide bonds. The van der Waals surface area contributed by atoms with E-state index in [0.29, 0.717) is 0 Å². The van der Waals surface area contributed by atoms with Gasteiger partial charge in [0.25, 0.3) is 0 Å². The minimum Gasteiger partial charge on any atom is -0.493 e. The molecular formula is C21H18BrN3O2. The number of hydrogen-bond donors (Lipinski definition) is 0. The van der Waals surface area contributed by atoms with Crippen molar-refractivity contribution < 1.29 is 9.47 Å². The summed E-state index contributed by atoms with van der Waals surface area (Å²) in [6.45, 7) is 2.21. The molecule has 0 bridgehead atoms. The number of halogens is 1. The van der Waals surface area contributed by atoms with Crippen LogP contribution in [0.25, 0.3) is 33.5 Å². The second kappa shape index (κ2) is 5.96.